The van der Waals surface area contributed by atoms with E-state index in [2.05, 4.69) is 4.98 Å². The zero-order chi connectivity index (χ0) is 16.9. The van der Waals surface area contributed by atoms with E-state index in [0.717, 1.165) is 18.2 Å². The maximum absolute atomic E-state index is 13.1. The predicted molar refractivity (Wildman–Crippen MR) is 75.7 cm³/mol. The molecule has 0 fully saturated rings. The third-order valence-corrected chi connectivity index (χ3v) is 2.79. The van der Waals surface area contributed by atoms with Crippen molar-refractivity contribution in [2.45, 2.75) is 20.0 Å². The maximum atomic E-state index is 13.1. The third kappa shape index (κ3) is 3.95. The van der Waals surface area contributed by atoms with Crippen LogP contribution in [0.4, 0.5) is 17.6 Å². The number of halogens is 5. The lowest BCUT2D eigenvalue weighted by Gasteiger charge is -2.09. The van der Waals surface area contributed by atoms with Gasteiger partial charge in [-0.2, -0.15) is 18.4 Å². The summed E-state index contributed by atoms with van der Waals surface area (Å²) in [6.07, 6.45) is -4.63. The summed E-state index contributed by atoms with van der Waals surface area (Å²) in [6.45, 7) is 4.00. The number of alkyl halides is 3. The van der Waals surface area contributed by atoms with Crippen LogP contribution >= 0.6 is 11.6 Å². The summed E-state index contributed by atoms with van der Waals surface area (Å²) in [4.78, 5) is 3.43. The molecule has 0 atom stereocenters. The monoisotopic (exact) mass is 330 g/mol. The molecule has 2 rings (SSSR count). The Labute approximate surface area is 130 Å². The lowest BCUT2D eigenvalue weighted by atomic mass is 10.1. The van der Waals surface area contributed by atoms with Crippen molar-refractivity contribution in [2.75, 3.05) is 0 Å². The lowest BCUT2D eigenvalue weighted by Crippen LogP contribution is -2.09. The minimum atomic E-state index is -4.63. The van der Waals surface area contributed by atoms with Gasteiger partial charge in [-0.3, -0.25) is 0 Å². The fourth-order valence-corrected chi connectivity index (χ4v) is 1.75. The van der Waals surface area contributed by atoms with Crippen LogP contribution in [0.1, 0.15) is 25.1 Å². The van der Waals surface area contributed by atoms with Crippen molar-refractivity contribution >= 4 is 11.6 Å². The highest BCUT2D eigenvalue weighted by Crippen LogP contribution is 2.32. The van der Waals surface area contributed by atoms with Crippen molar-refractivity contribution in [3.05, 3.63) is 52.4 Å². The SMILES string of the molecule is CC.N#Cc1ccc(C(F)(F)F)nc1-c1ccc(F)c(Cl)c1. The minimum Gasteiger partial charge on any atom is -0.242 e. The Morgan fingerprint density at radius 1 is 1.14 bits per heavy atom. The average molecular weight is 331 g/mol. The Morgan fingerprint density at radius 3 is 2.27 bits per heavy atom. The second kappa shape index (κ2) is 7.23. The van der Waals surface area contributed by atoms with Crippen molar-refractivity contribution in [1.82, 2.24) is 4.98 Å². The zero-order valence-corrected chi connectivity index (χ0v) is 12.4. The van der Waals surface area contributed by atoms with Crippen LogP contribution in [0.5, 0.6) is 0 Å². The molecule has 0 saturated heterocycles. The van der Waals surface area contributed by atoms with Gasteiger partial charge in [-0.1, -0.05) is 25.4 Å². The van der Waals surface area contributed by atoms with E-state index in [0.29, 0.717) is 6.07 Å². The first-order valence-corrected chi connectivity index (χ1v) is 6.64. The molecule has 116 valence electrons. The summed E-state index contributed by atoms with van der Waals surface area (Å²) in [6, 6.07) is 6.81. The number of nitrogens with zero attached hydrogens (tertiary/aromatic N) is 2. The topological polar surface area (TPSA) is 36.7 Å². The second-order valence-electron chi connectivity index (χ2n) is 3.83. The molecule has 0 radical (unpaired) electrons. The molecule has 0 aliphatic carbocycles. The number of aromatic nitrogens is 1. The van der Waals surface area contributed by atoms with Crippen molar-refractivity contribution < 1.29 is 17.6 Å². The number of rotatable bonds is 1. The summed E-state index contributed by atoms with van der Waals surface area (Å²) in [5.41, 5.74) is -1.24. The van der Waals surface area contributed by atoms with Gasteiger partial charge in [-0.05, 0) is 30.3 Å². The van der Waals surface area contributed by atoms with Crippen LogP contribution in [0, 0.1) is 17.1 Å². The van der Waals surface area contributed by atoms with Crippen LogP contribution in [-0.4, -0.2) is 4.98 Å². The van der Waals surface area contributed by atoms with E-state index in [1.54, 1.807) is 6.07 Å². The average Bonchev–Trinajstić information content (AvgIpc) is 2.50. The minimum absolute atomic E-state index is 0.0549. The van der Waals surface area contributed by atoms with Gasteiger partial charge in [0.25, 0.3) is 0 Å². The van der Waals surface area contributed by atoms with Crippen molar-refractivity contribution in [3.63, 3.8) is 0 Å². The fourth-order valence-electron chi connectivity index (χ4n) is 1.57. The van der Waals surface area contributed by atoms with Gasteiger partial charge in [0.05, 0.1) is 16.3 Å². The Kier molecular flexibility index (Phi) is 5.89. The van der Waals surface area contributed by atoms with E-state index in [-0.39, 0.29) is 21.8 Å². The lowest BCUT2D eigenvalue weighted by molar-refractivity contribution is -0.141. The van der Waals surface area contributed by atoms with E-state index in [9.17, 15) is 17.6 Å². The van der Waals surface area contributed by atoms with E-state index in [1.165, 1.54) is 6.07 Å². The highest BCUT2D eigenvalue weighted by atomic mass is 35.5. The largest absolute Gasteiger partial charge is 0.433 e. The van der Waals surface area contributed by atoms with Crippen LogP contribution in [0.3, 0.4) is 0 Å². The Balaban J connectivity index is 0.00000116. The summed E-state index contributed by atoms with van der Waals surface area (Å²) in [5, 5.41) is 8.66. The molecule has 0 amide bonds. The van der Waals surface area contributed by atoms with Gasteiger partial charge in [0, 0.05) is 5.56 Å². The standard InChI is InChI=1S/C13H5ClF4N2.C2H6/c14-9-5-7(1-3-10(9)15)12-8(6-19)2-4-11(20-12)13(16,17)18;1-2/h1-5H;1-2H3. The maximum Gasteiger partial charge on any atom is 0.433 e. The van der Waals surface area contributed by atoms with Crippen molar-refractivity contribution in [3.8, 4) is 17.3 Å². The van der Waals surface area contributed by atoms with E-state index < -0.39 is 17.7 Å². The molecule has 0 aliphatic heterocycles. The first kappa shape index (κ1) is 17.9. The van der Waals surface area contributed by atoms with Crippen LogP contribution in [0.25, 0.3) is 11.3 Å². The molecule has 1 aromatic heterocycles. The molecule has 1 aromatic carbocycles. The Hall–Kier alpha value is -2.13. The number of pyridine rings is 1. The molecule has 1 heterocycles. The molecule has 2 nitrogen and oxygen atoms in total. The van der Waals surface area contributed by atoms with Gasteiger partial charge in [-0.15, -0.1) is 0 Å². The molecule has 0 spiro atoms. The molecule has 0 saturated carbocycles. The second-order valence-corrected chi connectivity index (χ2v) is 4.24. The third-order valence-electron chi connectivity index (χ3n) is 2.50. The van der Waals surface area contributed by atoms with Gasteiger partial charge < -0.3 is 0 Å². The van der Waals surface area contributed by atoms with E-state index >= 15 is 0 Å². The van der Waals surface area contributed by atoms with Crippen LogP contribution in [-0.2, 0) is 6.18 Å². The van der Waals surface area contributed by atoms with Crippen molar-refractivity contribution in [1.29, 1.82) is 5.26 Å². The highest BCUT2D eigenvalue weighted by Gasteiger charge is 2.33. The summed E-state index contributed by atoms with van der Waals surface area (Å²) < 4.78 is 51.0. The molecule has 2 aromatic rings. The van der Waals surface area contributed by atoms with Crippen LogP contribution < -0.4 is 0 Å². The fraction of sp³-hybridized carbons (Fsp3) is 0.200. The first-order chi connectivity index (χ1) is 10.3. The molecule has 0 bridgehead atoms. The predicted octanol–water partition coefficient (Wildman–Crippen LogP) is 5.46. The molecule has 7 heteroatoms. The number of nitriles is 1. The number of benzene rings is 1. The zero-order valence-electron chi connectivity index (χ0n) is 11.7. The molecule has 22 heavy (non-hydrogen) atoms. The van der Waals surface area contributed by atoms with Gasteiger partial charge in [-0.25, -0.2) is 9.37 Å². The first-order valence-electron chi connectivity index (χ1n) is 6.26. The number of hydrogen-bond acceptors (Lipinski definition) is 2. The Morgan fingerprint density at radius 2 is 1.77 bits per heavy atom. The summed E-state index contributed by atoms with van der Waals surface area (Å²) in [5.74, 6) is -0.707. The van der Waals surface area contributed by atoms with Gasteiger partial charge in [0.15, 0.2) is 0 Å². The van der Waals surface area contributed by atoms with Gasteiger partial charge in [0.1, 0.15) is 17.6 Å². The van der Waals surface area contributed by atoms with Crippen molar-refractivity contribution in [2.24, 2.45) is 0 Å². The highest BCUT2D eigenvalue weighted by molar-refractivity contribution is 6.31. The van der Waals surface area contributed by atoms with Crippen LogP contribution in [0.2, 0.25) is 5.02 Å². The molecule has 0 unspecified atom stereocenters. The quantitative estimate of drug-likeness (QED) is 0.651. The number of hydrogen-bond donors (Lipinski definition) is 0. The van der Waals surface area contributed by atoms with E-state index in [1.807, 2.05) is 13.8 Å². The summed E-state index contributed by atoms with van der Waals surface area (Å²) in [7, 11) is 0. The Bertz CT molecular complexity index is 706. The summed E-state index contributed by atoms with van der Waals surface area (Å²) >= 11 is 5.58. The van der Waals surface area contributed by atoms with Gasteiger partial charge >= 0.3 is 6.18 Å². The van der Waals surface area contributed by atoms with E-state index in [4.69, 9.17) is 16.9 Å². The normalized spacial score (nSPS) is 10.5. The van der Waals surface area contributed by atoms with Crippen LogP contribution in [0.15, 0.2) is 30.3 Å². The molecule has 0 N–H and O–H groups in total. The molecule has 0 aliphatic rings. The van der Waals surface area contributed by atoms with Gasteiger partial charge in [0.2, 0.25) is 0 Å². The molecular weight excluding hydrogens is 320 g/mol. The molecular formula is C15H11ClF4N2. The smallest absolute Gasteiger partial charge is 0.242 e.